The topological polar surface area (TPSA) is 53.9 Å². The lowest BCUT2D eigenvalue weighted by molar-refractivity contribution is -0.112. The fourth-order valence-corrected chi connectivity index (χ4v) is 2.88. The van der Waals surface area contributed by atoms with E-state index in [1.54, 1.807) is 61.6 Å². The van der Waals surface area contributed by atoms with Crippen molar-refractivity contribution in [1.29, 1.82) is 0 Å². The van der Waals surface area contributed by atoms with Gasteiger partial charge in [0.15, 0.2) is 0 Å². The Bertz CT molecular complexity index is 894. The second-order valence-corrected chi connectivity index (χ2v) is 7.47. The Kier molecular flexibility index (Phi) is 8.45. The number of hydrogen-bond donors (Lipinski definition) is 1. The maximum Gasteiger partial charge on any atom is 0.258 e. The minimum absolute atomic E-state index is 0.0681. The van der Waals surface area contributed by atoms with Gasteiger partial charge in [0.1, 0.15) is 6.61 Å². The molecule has 0 heterocycles. The summed E-state index contributed by atoms with van der Waals surface area (Å²) in [5.41, 5.74) is 1.38. The molecular formula is C19H17Cl4N3O2. The first-order chi connectivity index (χ1) is 13.3. The van der Waals surface area contributed by atoms with Crippen LogP contribution in [0.4, 0.5) is 5.69 Å². The van der Waals surface area contributed by atoms with Gasteiger partial charge in [-0.05, 0) is 30.3 Å². The summed E-state index contributed by atoms with van der Waals surface area (Å²) in [6, 6.07) is 9.95. The number of amides is 1. The highest BCUT2D eigenvalue weighted by Gasteiger charge is 2.10. The molecular weight excluding hydrogens is 444 g/mol. The van der Waals surface area contributed by atoms with Crippen LogP contribution in [0.3, 0.4) is 0 Å². The molecule has 2 aromatic carbocycles. The predicted molar refractivity (Wildman–Crippen MR) is 117 cm³/mol. The molecule has 0 saturated carbocycles. The molecule has 0 aliphatic rings. The predicted octanol–water partition coefficient (Wildman–Crippen LogP) is 5.89. The van der Waals surface area contributed by atoms with E-state index < -0.39 is 5.91 Å². The molecule has 2 aromatic rings. The van der Waals surface area contributed by atoms with E-state index in [4.69, 9.17) is 51.2 Å². The van der Waals surface area contributed by atoms with E-state index in [0.717, 1.165) is 0 Å². The van der Waals surface area contributed by atoms with Crippen LogP contribution in [0.5, 0.6) is 0 Å². The summed E-state index contributed by atoms with van der Waals surface area (Å²) < 4.78 is 0. The third-order valence-corrected chi connectivity index (χ3v) is 4.82. The molecule has 0 radical (unpaired) electrons. The van der Waals surface area contributed by atoms with E-state index in [1.807, 2.05) is 0 Å². The first-order valence-corrected chi connectivity index (χ1v) is 9.52. The third kappa shape index (κ3) is 6.60. The number of benzene rings is 2. The fraction of sp³-hybridized carbons (Fsp3) is 0.158. The molecule has 0 fully saturated rings. The van der Waals surface area contributed by atoms with E-state index in [1.165, 1.54) is 6.21 Å². The van der Waals surface area contributed by atoms with Crippen molar-refractivity contribution in [2.75, 3.05) is 19.4 Å². The van der Waals surface area contributed by atoms with Crippen molar-refractivity contribution in [3.8, 4) is 0 Å². The smallest absolute Gasteiger partial charge is 0.258 e. The lowest BCUT2D eigenvalue weighted by atomic mass is 10.2. The number of carbonyl (C=O) groups excluding carboxylic acids is 1. The van der Waals surface area contributed by atoms with E-state index >= 15 is 0 Å². The number of nitrogens with one attached hydrogen (secondary N) is 1. The quantitative estimate of drug-likeness (QED) is 0.318. The number of anilines is 1. The average molecular weight is 461 g/mol. The second kappa shape index (κ2) is 10.6. The van der Waals surface area contributed by atoms with Crippen LogP contribution in [0.25, 0.3) is 0 Å². The molecule has 0 aliphatic heterocycles. The van der Waals surface area contributed by atoms with Crippen LogP contribution >= 0.6 is 46.4 Å². The van der Waals surface area contributed by atoms with Crippen molar-refractivity contribution in [1.82, 2.24) is 4.90 Å². The minimum Gasteiger partial charge on any atom is -0.391 e. The summed E-state index contributed by atoms with van der Waals surface area (Å²) in [7, 11) is 3.56. The van der Waals surface area contributed by atoms with Crippen LogP contribution in [0, 0.1) is 0 Å². The molecule has 0 atom stereocenters. The lowest BCUT2D eigenvalue weighted by Crippen LogP contribution is -2.18. The molecule has 0 spiro atoms. The van der Waals surface area contributed by atoms with Gasteiger partial charge < -0.3 is 15.1 Å². The minimum atomic E-state index is -0.393. The molecule has 2 rings (SSSR count). The van der Waals surface area contributed by atoms with Crippen LogP contribution in [0.1, 0.15) is 5.56 Å². The van der Waals surface area contributed by atoms with Crippen molar-refractivity contribution in [2.24, 2.45) is 5.16 Å². The lowest BCUT2D eigenvalue weighted by Gasteiger charge is -2.10. The average Bonchev–Trinajstić information content (AvgIpc) is 2.62. The zero-order chi connectivity index (χ0) is 20.7. The summed E-state index contributed by atoms with van der Waals surface area (Å²) in [6.07, 6.45) is 2.90. The zero-order valence-electron chi connectivity index (χ0n) is 15.0. The molecule has 28 heavy (non-hydrogen) atoms. The number of rotatable bonds is 7. The number of oxime groups is 1. The van der Waals surface area contributed by atoms with Crippen LogP contribution < -0.4 is 5.32 Å². The van der Waals surface area contributed by atoms with E-state index in [-0.39, 0.29) is 12.2 Å². The van der Waals surface area contributed by atoms with Crippen molar-refractivity contribution < 1.29 is 9.63 Å². The highest BCUT2D eigenvalue weighted by atomic mass is 35.5. The van der Waals surface area contributed by atoms with Crippen LogP contribution in [-0.4, -0.2) is 31.1 Å². The molecule has 9 heteroatoms. The standard InChI is InChI=1S/C19H17Cl4N3O2/c1-26(2)10-12(19(27)25-13-6-7-17(22)18(23)8-13)9-24-28-11-14-15(20)4-3-5-16(14)21/h3-10H,11H2,1-2H3,(H,25,27). The Morgan fingerprint density at radius 2 is 1.75 bits per heavy atom. The summed E-state index contributed by atoms with van der Waals surface area (Å²) in [5, 5.41) is 8.27. The Balaban J connectivity index is 2.07. The third-order valence-electron chi connectivity index (χ3n) is 3.37. The van der Waals surface area contributed by atoms with Gasteiger partial charge in [0, 0.05) is 41.6 Å². The first kappa shape index (κ1) is 22.4. The fourth-order valence-electron chi connectivity index (χ4n) is 2.07. The Labute approximate surface area is 183 Å². The number of halogens is 4. The van der Waals surface area contributed by atoms with Gasteiger partial charge in [0.2, 0.25) is 0 Å². The monoisotopic (exact) mass is 459 g/mol. The molecule has 5 nitrogen and oxygen atoms in total. The summed E-state index contributed by atoms with van der Waals surface area (Å²) in [5.74, 6) is -0.393. The molecule has 0 saturated heterocycles. The number of carbonyl (C=O) groups is 1. The number of nitrogens with zero attached hydrogens (tertiary/aromatic N) is 2. The van der Waals surface area contributed by atoms with Crippen LogP contribution in [0.2, 0.25) is 20.1 Å². The molecule has 0 unspecified atom stereocenters. The molecule has 0 aromatic heterocycles. The summed E-state index contributed by atoms with van der Waals surface area (Å²) in [6.45, 7) is 0.0681. The van der Waals surface area contributed by atoms with Gasteiger partial charge in [-0.3, -0.25) is 4.79 Å². The maximum atomic E-state index is 12.5. The molecule has 148 valence electrons. The van der Waals surface area contributed by atoms with Gasteiger partial charge in [-0.15, -0.1) is 0 Å². The van der Waals surface area contributed by atoms with Gasteiger partial charge in [-0.2, -0.15) is 0 Å². The van der Waals surface area contributed by atoms with Gasteiger partial charge >= 0.3 is 0 Å². The Morgan fingerprint density at radius 1 is 1.07 bits per heavy atom. The van der Waals surface area contributed by atoms with Gasteiger partial charge in [0.25, 0.3) is 5.91 Å². The van der Waals surface area contributed by atoms with Crippen molar-refractivity contribution >= 4 is 64.2 Å². The zero-order valence-corrected chi connectivity index (χ0v) is 18.1. The van der Waals surface area contributed by atoms with Crippen molar-refractivity contribution in [3.05, 3.63) is 73.8 Å². The number of hydrogen-bond acceptors (Lipinski definition) is 4. The molecule has 1 amide bonds. The summed E-state index contributed by atoms with van der Waals surface area (Å²) in [4.78, 5) is 19.5. The van der Waals surface area contributed by atoms with Gasteiger partial charge in [-0.25, -0.2) is 0 Å². The Morgan fingerprint density at radius 3 is 2.36 bits per heavy atom. The van der Waals surface area contributed by atoms with E-state index in [9.17, 15) is 4.79 Å². The van der Waals surface area contributed by atoms with Crippen molar-refractivity contribution in [2.45, 2.75) is 6.61 Å². The van der Waals surface area contributed by atoms with Crippen LogP contribution in [0.15, 0.2) is 53.3 Å². The van der Waals surface area contributed by atoms with E-state index in [0.29, 0.717) is 31.3 Å². The van der Waals surface area contributed by atoms with Gasteiger partial charge in [0.05, 0.1) is 21.8 Å². The van der Waals surface area contributed by atoms with E-state index in [2.05, 4.69) is 10.5 Å². The largest absolute Gasteiger partial charge is 0.391 e. The highest BCUT2D eigenvalue weighted by molar-refractivity contribution is 6.42. The van der Waals surface area contributed by atoms with Crippen LogP contribution in [-0.2, 0) is 16.2 Å². The van der Waals surface area contributed by atoms with Gasteiger partial charge in [-0.1, -0.05) is 57.6 Å². The summed E-state index contributed by atoms with van der Waals surface area (Å²) >= 11 is 24.0. The normalized spacial score (nSPS) is 11.6. The second-order valence-electron chi connectivity index (χ2n) is 5.84. The molecule has 1 N–H and O–H groups in total. The maximum absolute atomic E-state index is 12.5. The first-order valence-electron chi connectivity index (χ1n) is 8.01. The SMILES string of the molecule is CN(C)C=C(C=NOCc1c(Cl)cccc1Cl)C(=O)Nc1ccc(Cl)c(Cl)c1. The highest BCUT2D eigenvalue weighted by Crippen LogP contribution is 2.26. The molecule has 0 aliphatic carbocycles. The van der Waals surface area contributed by atoms with Crippen molar-refractivity contribution in [3.63, 3.8) is 0 Å². The Hall–Kier alpha value is -1.92. The molecule has 0 bridgehead atoms.